The molecule has 2 heterocycles. The lowest BCUT2D eigenvalue weighted by molar-refractivity contribution is 0.102. The molecule has 32 heavy (non-hydrogen) atoms. The first kappa shape index (κ1) is 22.0. The van der Waals surface area contributed by atoms with Crippen molar-refractivity contribution in [1.29, 1.82) is 0 Å². The number of hydrogen-bond donors (Lipinski definition) is 3. The van der Waals surface area contributed by atoms with Crippen LogP contribution < -0.4 is 16.8 Å². The monoisotopic (exact) mass is 437 g/mol. The lowest BCUT2D eigenvalue weighted by Crippen LogP contribution is -2.39. The second-order valence-electron chi connectivity index (χ2n) is 8.30. The molecule has 0 radical (unpaired) electrons. The van der Waals surface area contributed by atoms with Gasteiger partial charge in [0.1, 0.15) is 17.3 Å². The number of carbonyl (C=O) groups is 1. The summed E-state index contributed by atoms with van der Waals surface area (Å²) in [5.41, 5.74) is 13.9. The van der Waals surface area contributed by atoms with Gasteiger partial charge >= 0.3 is 0 Å². The summed E-state index contributed by atoms with van der Waals surface area (Å²) in [5, 5.41) is 2.84. The summed E-state index contributed by atoms with van der Waals surface area (Å²) in [6, 6.07) is 8.90. The zero-order valence-corrected chi connectivity index (χ0v) is 17.7. The van der Waals surface area contributed by atoms with Gasteiger partial charge in [-0.1, -0.05) is 12.1 Å². The fourth-order valence-corrected chi connectivity index (χ4v) is 4.31. The van der Waals surface area contributed by atoms with Crippen LogP contribution in [0.25, 0.3) is 11.3 Å². The quantitative estimate of drug-likeness (QED) is 0.574. The SMILES string of the molecule is Cc1ccc(F)c(-c2cccc(C(=O)Nc3cnccc3[C@@H]3C[C@H](N)C[C@H](N)C3)n2)c1F. The maximum Gasteiger partial charge on any atom is 0.274 e. The fraction of sp³-hybridized carbons (Fsp3) is 0.292. The van der Waals surface area contributed by atoms with Crippen LogP contribution >= 0.6 is 0 Å². The summed E-state index contributed by atoms with van der Waals surface area (Å²) in [6.45, 7) is 1.54. The number of aromatic nitrogens is 2. The van der Waals surface area contributed by atoms with Crippen molar-refractivity contribution in [2.75, 3.05) is 5.32 Å². The van der Waals surface area contributed by atoms with Crippen LogP contribution in [0.5, 0.6) is 0 Å². The molecule has 8 heteroatoms. The van der Waals surface area contributed by atoms with E-state index < -0.39 is 17.5 Å². The van der Waals surface area contributed by atoms with Gasteiger partial charge in [0, 0.05) is 18.3 Å². The molecule has 1 fully saturated rings. The minimum atomic E-state index is -0.738. The maximum atomic E-state index is 14.5. The summed E-state index contributed by atoms with van der Waals surface area (Å²) in [6.07, 6.45) is 5.54. The van der Waals surface area contributed by atoms with Crippen molar-refractivity contribution in [1.82, 2.24) is 9.97 Å². The van der Waals surface area contributed by atoms with Gasteiger partial charge in [-0.05, 0) is 67.5 Å². The molecule has 1 amide bonds. The number of pyridine rings is 2. The highest BCUT2D eigenvalue weighted by molar-refractivity contribution is 6.03. The van der Waals surface area contributed by atoms with Gasteiger partial charge in [0.15, 0.2) is 0 Å². The Bertz CT molecular complexity index is 1140. The largest absolute Gasteiger partial charge is 0.328 e. The normalized spacial score (nSPS) is 20.7. The minimum Gasteiger partial charge on any atom is -0.328 e. The predicted molar refractivity (Wildman–Crippen MR) is 119 cm³/mol. The van der Waals surface area contributed by atoms with Crippen LogP contribution in [-0.2, 0) is 0 Å². The first-order valence-corrected chi connectivity index (χ1v) is 10.5. The molecule has 1 aliphatic carbocycles. The lowest BCUT2D eigenvalue weighted by Gasteiger charge is -2.32. The first-order valence-electron chi connectivity index (χ1n) is 10.5. The van der Waals surface area contributed by atoms with Crippen molar-refractivity contribution >= 4 is 11.6 Å². The molecule has 166 valence electrons. The Morgan fingerprint density at radius 3 is 2.56 bits per heavy atom. The van der Waals surface area contributed by atoms with E-state index >= 15 is 0 Å². The fourth-order valence-electron chi connectivity index (χ4n) is 4.31. The van der Waals surface area contributed by atoms with Gasteiger partial charge in [-0.2, -0.15) is 0 Å². The molecular formula is C24H25F2N5O. The Kier molecular flexibility index (Phi) is 6.25. The molecule has 5 N–H and O–H groups in total. The van der Waals surface area contributed by atoms with Gasteiger partial charge < -0.3 is 16.8 Å². The summed E-state index contributed by atoms with van der Waals surface area (Å²) in [4.78, 5) is 21.3. The van der Waals surface area contributed by atoms with Crippen LogP contribution in [0.2, 0.25) is 0 Å². The maximum absolute atomic E-state index is 14.5. The lowest BCUT2D eigenvalue weighted by atomic mass is 9.79. The minimum absolute atomic E-state index is 0.00191. The third-order valence-electron chi connectivity index (χ3n) is 5.84. The van der Waals surface area contributed by atoms with Crippen molar-refractivity contribution in [2.24, 2.45) is 11.5 Å². The van der Waals surface area contributed by atoms with Crippen LogP contribution in [-0.4, -0.2) is 28.0 Å². The number of anilines is 1. The third-order valence-corrected chi connectivity index (χ3v) is 5.84. The van der Waals surface area contributed by atoms with Gasteiger partial charge in [-0.3, -0.25) is 9.78 Å². The number of carbonyl (C=O) groups excluding carboxylic acids is 1. The smallest absolute Gasteiger partial charge is 0.274 e. The Hall–Kier alpha value is -3.23. The molecule has 0 unspecified atom stereocenters. The van der Waals surface area contributed by atoms with Crippen LogP contribution in [0.4, 0.5) is 14.5 Å². The molecule has 4 rings (SSSR count). The zero-order valence-electron chi connectivity index (χ0n) is 17.7. The number of benzene rings is 1. The molecule has 3 atom stereocenters. The Labute approximate surface area is 185 Å². The zero-order chi connectivity index (χ0) is 22.8. The number of rotatable bonds is 4. The summed E-state index contributed by atoms with van der Waals surface area (Å²) in [5.74, 6) is -1.84. The number of nitrogens with one attached hydrogen (secondary N) is 1. The molecule has 0 spiro atoms. The predicted octanol–water partition coefficient (Wildman–Crippen LogP) is 3.90. The van der Waals surface area contributed by atoms with Gasteiger partial charge in [-0.15, -0.1) is 0 Å². The number of halogens is 2. The highest BCUT2D eigenvalue weighted by atomic mass is 19.1. The molecular weight excluding hydrogens is 412 g/mol. The van der Waals surface area contributed by atoms with Crippen LogP contribution in [0.15, 0.2) is 48.8 Å². The topological polar surface area (TPSA) is 107 Å². The van der Waals surface area contributed by atoms with Crippen molar-refractivity contribution in [2.45, 2.75) is 44.2 Å². The number of amides is 1. The van der Waals surface area contributed by atoms with Crippen molar-refractivity contribution < 1.29 is 13.6 Å². The summed E-state index contributed by atoms with van der Waals surface area (Å²) < 4.78 is 28.8. The molecule has 0 aliphatic heterocycles. The average molecular weight is 437 g/mol. The van der Waals surface area contributed by atoms with Gasteiger partial charge in [-0.25, -0.2) is 13.8 Å². The number of hydrogen-bond acceptors (Lipinski definition) is 5. The number of nitrogens with zero attached hydrogens (tertiary/aromatic N) is 2. The van der Waals surface area contributed by atoms with E-state index in [1.807, 2.05) is 6.07 Å². The average Bonchev–Trinajstić information content (AvgIpc) is 2.76. The van der Waals surface area contributed by atoms with E-state index in [2.05, 4.69) is 15.3 Å². The third kappa shape index (κ3) is 4.51. The van der Waals surface area contributed by atoms with E-state index in [1.54, 1.807) is 25.4 Å². The van der Waals surface area contributed by atoms with Crippen LogP contribution in [0.1, 0.15) is 46.8 Å². The Morgan fingerprint density at radius 1 is 1.06 bits per heavy atom. The Morgan fingerprint density at radius 2 is 1.81 bits per heavy atom. The van der Waals surface area contributed by atoms with Crippen molar-refractivity contribution in [3.05, 3.63) is 77.2 Å². The Balaban J connectivity index is 1.62. The van der Waals surface area contributed by atoms with Crippen LogP contribution in [0, 0.1) is 18.6 Å². The first-order chi connectivity index (χ1) is 15.3. The number of nitrogens with two attached hydrogens (primary N) is 2. The second-order valence-corrected chi connectivity index (χ2v) is 8.30. The summed E-state index contributed by atoms with van der Waals surface area (Å²) in [7, 11) is 0. The standard InChI is InChI=1S/C24H25F2N5O/c1-13-5-6-18(25)22(23(13)26)19-3-2-4-20(30-19)24(32)31-21-12-29-8-7-17(21)14-9-15(27)11-16(28)10-14/h2-8,12,14-16H,9-11,27-28H2,1H3,(H,31,32)/t14-,15+,16-. The second kappa shape index (κ2) is 9.10. The molecule has 1 aliphatic rings. The van der Waals surface area contributed by atoms with Gasteiger partial charge in [0.2, 0.25) is 0 Å². The molecule has 0 saturated heterocycles. The molecule has 6 nitrogen and oxygen atoms in total. The highest BCUT2D eigenvalue weighted by Crippen LogP contribution is 2.35. The molecule has 1 aromatic carbocycles. The van der Waals surface area contributed by atoms with E-state index in [0.29, 0.717) is 11.3 Å². The van der Waals surface area contributed by atoms with Gasteiger partial charge in [0.05, 0.1) is 23.1 Å². The van der Waals surface area contributed by atoms with Crippen molar-refractivity contribution in [3.63, 3.8) is 0 Å². The molecule has 3 aromatic rings. The van der Waals surface area contributed by atoms with E-state index in [-0.39, 0.29) is 35.0 Å². The van der Waals surface area contributed by atoms with Crippen LogP contribution in [0.3, 0.4) is 0 Å². The molecule has 1 saturated carbocycles. The number of aryl methyl sites for hydroxylation is 1. The molecule has 2 aromatic heterocycles. The highest BCUT2D eigenvalue weighted by Gasteiger charge is 2.28. The van der Waals surface area contributed by atoms with Gasteiger partial charge in [0.25, 0.3) is 5.91 Å². The van der Waals surface area contributed by atoms with E-state index in [0.717, 1.165) is 24.8 Å². The molecule has 0 bridgehead atoms. The summed E-state index contributed by atoms with van der Waals surface area (Å²) >= 11 is 0. The van der Waals surface area contributed by atoms with Crippen molar-refractivity contribution in [3.8, 4) is 11.3 Å². The van der Waals surface area contributed by atoms with E-state index in [1.165, 1.54) is 24.3 Å². The van der Waals surface area contributed by atoms with E-state index in [4.69, 9.17) is 11.5 Å². The van der Waals surface area contributed by atoms with E-state index in [9.17, 15) is 13.6 Å².